The number of rotatable bonds is 3. The van der Waals surface area contributed by atoms with E-state index in [1.807, 2.05) is 0 Å². The average Bonchev–Trinajstić information content (AvgIpc) is 3.11. The van der Waals surface area contributed by atoms with Crippen LogP contribution in [0.2, 0.25) is 10.0 Å². The molecule has 2 rings (SSSR count). The monoisotopic (exact) mass is 351 g/mol. The van der Waals surface area contributed by atoms with Crippen molar-refractivity contribution in [2.45, 2.75) is 12.8 Å². The average molecular weight is 353 g/mol. The van der Waals surface area contributed by atoms with Crippen LogP contribution < -0.4 is 5.32 Å². The molecule has 0 bridgehead atoms. The molecule has 1 aromatic carbocycles. The van der Waals surface area contributed by atoms with E-state index in [1.165, 1.54) is 0 Å². The van der Waals surface area contributed by atoms with Gasteiger partial charge in [-0.2, -0.15) is 0 Å². The largest absolute Gasteiger partial charge is 0.480 e. The number of anilines is 1. The second kappa shape index (κ2) is 4.72. The summed E-state index contributed by atoms with van der Waals surface area (Å²) in [4.78, 5) is 22.9. The Morgan fingerprint density at radius 1 is 1.28 bits per heavy atom. The summed E-state index contributed by atoms with van der Waals surface area (Å²) in [6, 6.07) is 3.19. The zero-order valence-electron chi connectivity index (χ0n) is 8.97. The molecule has 1 aliphatic rings. The van der Waals surface area contributed by atoms with E-state index in [0.29, 0.717) is 23.0 Å². The van der Waals surface area contributed by atoms with E-state index in [0.717, 1.165) is 0 Å². The Morgan fingerprint density at radius 2 is 1.89 bits per heavy atom. The molecule has 1 aromatic rings. The van der Waals surface area contributed by atoms with Gasteiger partial charge in [0.25, 0.3) is 0 Å². The minimum Gasteiger partial charge on any atom is -0.480 e. The lowest BCUT2D eigenvalue weighted by Gasteiger charge is -2.13. The molecule has 0 spiro atoms. The Hall–Kier alpha value is -0.780. The normalized spacial score (nSPS) is 16.2. The number of hydrogen-bond donors (Lipinski definition) is 2. The Morgan fingerprint density at radius 3 is 2.39 bits per heavy atom. The number of carbonyl (C=O) groups excluding carboxylic acids is 1. The van der Waals surface area contributed by atoms with Gasteiger partial charge in [-0.15, -0.1) is 0 Å². The van der Waals surface area contributed by atoms with Crippen molar-refractivity contribution in [1.82, 2.24) is 0 Å². The van der Waals surface area contributed by atoms with Crippen molar-refractivity contribution in [2.75, 3.05) is 5.32 Å². The van der Waals surface area contributed by atoms with E-state index in [1.54, 1.807) is 12.1 Å². The van der Waals surface area contributed by atoms with Crippen LogP contribution >= 0.6 is 39.1 Å². The number of carbonyl (C=O) groups is 2. The van der Waals surface area contributed by atoms with Crippen molar-refractivity contribution >= 4 is 56.7 Å². The molecule has 1 saturated carbocycles. The van der Waals surface area contributed by atoms with Gasteiger partial charge in [0.2, 0.25) is 5.91 Å². The van der Waals surface area contributed by atoms with Crippen LogP contribution in [0.1, 0.15) is 12.8 Å². The van der Waals surface area contributed by atoms with Crippen LogP contribution in [0, 0.1) is 5.41 Å². The molecule has 1 fully saturated rings. The van der Waals surface area contributed by atoms with Crippen molar-refractivity contribution < 1.29 is 14.7 Å². The first-order valence-corrected chi connectivity index (χ1v) is 6.62. The first-order chi connectivity index (χ1) is 8.38. The van der Waals surface area contributed by atoms with Crippen LogP contribution in [0.4, 0.5) is 5.69 Å². The molecule has 0 unspecified atom stereocenters. The van der Waals surface area contributed by atoms with Crippen molar-refractivity contribution in [2.24, 2.45) is 5.41 Å². The fourth-order valence-electron chi connectivity index (χ4n) is 1.53. The van der Waals surface area contributed by atoms with Gasteiger partial charge < -0.3 is 10.4 Å². The van der Waals surface area contributed by atoms with E-state index in [2.05, 4.69) is 21.2 Å². The summed E-state index contributed by atoms with van der Waals surface area (Å²) < 4.78 is 0.603. The Balaban J connectivity index is 2.23. The first-order valence-electron chi connectivity index (χ1n) is 5.07. The topological polar surface area (TPSA) is 66.4 Å². The van der Waals surface area contributed by atoms with Crippen LogP contribution in [-0.4, -0.2) is 17.0 Å². The van der Waals surface area contributed by atoms with Crippen molar-refractivity contribution in [3.05, 3.63) is 26.7 Å². The summed E-state index contributed by atoms with van der Waals surface area (Å²) in [6.45, 7) is 0. The summed E-state index contributed by atoms with van der Waals surface area (Å²) in [7, 11) is 0. The maximum absolute atomic E-state index is 11.9. The maximum Gasteiger partial charge on any atom is 0.319 e. The summed E-state index contributed by atoms with van der Waals surface area (Å²) in [6.07, 6.45) is 0.687. The van der Waals surface area contributed by atoms with Gasteiger partial charge in [0.1, 0.15) is 5.41 Å². The van der Waals surface area contributed by atoms with Gasteiger partial charge in [0, 0.05) is 4.47 Å². The number of carboxylic acids is 1. The second-order valence-electron chi connectivity index (χ2n) is 4.06. The van der Waals surface area contributed by atoms with Gasteiger partial charge in [-0.25, -0.2) is 0 Å². The number of benzene rings is 1. The second-order valence-corrected chi connectivity index (χ2v) is 5.67. The minimum atomic E-state index is -1.30. The molecule has 0 heterocycles. The third kappa shape index (κ3) is 2.22. The van der Waals surface area contributed by atoms with Crippen LogP contribution in [-0.2, 0) is 9.59 Å². The fraction of sp³-hybridized carbons (Fsp3) is 0.273. The summed E-state index contributed by atoms with van der Waals surface area (Å²) >= 11 is 15.1. The molecule has 0 aromatic heterocycles. The summed E-state index contributed by atoms with van der Waals surface area (Å²) in [5, 5.41) is 12.0. The molecule has 1 aliphatic carbocycles. The quantitative estimate of drug-likeness (QED) is 0.645. The SMILES string of the molecule is O=C(O)C1(C(=O)Nc2ccc(Br)c(Cl)c2Cl)CC1. The lowest BCUT2D eigenvalue weighted by atomic mass is 10.1. The lowest BCUT2D eigenvalue weighted by Crippen LogP contribution is -2.31. The number of aliphatic carboxylic acids is 1. The van der Waals surface area contributed by atoms with Crippen LogP contribution in [0.15, 0.2) is 16.6 Å². The lowest BCUT2D eigenvalue weighted by molar-refractivity contribution is -0.147. The number of hydrogen-bond acceptors (Lipinski definition) is 2. The summed E-state index contributed by atoms with van der Waals surface area (Å²) in [5.41, 5.74) is -0.995. The Bertz CT molecular complexity index is 543. The molecule has 2 N–H and O–H groups in total. The van der Waals surface area contributed by atoms with E-state index < -0.39 is 17.3 Å². The minimum absolute atomic E-state index is 0.181. The molecule has 96 valence electrons. The predicted octanol–water partition coefficient (Wildman–Crippen LogP) is 3.56. The van der Waals surface area contributed by atoms with Gasteiger partial charge in [0.05, 0.1) is 15.7 Å². The maximum atomic E-state index is 11.9. The van der Waals surface area contributed by atoms with Gasteiger partial charge in [0.15, 0.2) is 0 Å². The standard InChI is InChI=1S/C11H8BrCl2NO3/c12-5-1-2-6(8(14)7(5)13)15-9(16)11(3-4-11)10(17)18/h1-2H,3-4H2,(H,15,16)(H,17,18). The third-order valence-corrected chi connectivity index (χ3v) is 4.65. The highest BCUT2D eigenvalue weighted by molar-refractivity contribution is 9.10. The van der Waals surface area contributed by atoms with E-state index >= 15 is 0 Å². The van der Waals surface area contributed by atoms with Crippen LogP contribution in [0.25, 0.3) is 0 Å². The zero-order valence-corrected chi connectivity index (χ0v) is 12.1. The highest BCUT2D eigenvalue weighted by Crippen LogP contribution is 2.47. The molecular formula is C11H8BrCl2NO3. The smallest absolute Gasteiger partial charge is 0.319 e. The highest BCUT2D eigenvalue weighted by Gasteiger charge is 2.57. The number of amides is 1. The number of halogens is 3. The van der Waals surface area contributed by atoms with Gasteiger partial charge in [-0.1, -0.05) is 23.2 Å². The zero-order chi connectivity index (χ0) is 13.5. The molecule has 7 heteroatoms. The molecule has 18 heavy (non-hydrogen) atoms. The molecule has 4 nitrogen and oxygen atoms in total. The Labute approximate surface area is 121 Å². The molecule has 0 atom stereocenters. The summed E-state index contributed by atoms with van der Waals surface area (Å²) in [5.74, 6) is -1.67. The highest BCUT2D eigenvalue weighted by atomic mass is 79.9. The van der Waals surface area contributed by atoms with Gasteiger partial charge in [-0.3, -0.25) is 9.59 Å². The predicted molar refractivity (Wildman–Crippen MR) is 72.1 cm³/mol. The number of carboxylic acid groups (broad SMARTS) is 1. The van der Waals surface area contributed by atoms with Crippen LogP contribution in [0.3, 0.4) is 0 Å². The van der Waals surface area contributed by atoms with E-state index in [-0.39, 0.29) is 10.0 Å². The molecule has 0 aliphatic heterocycles. The molecule has 0 saturated heterocycles. The fourth-order valence-corrected chi connectivity index (χ4v) is 2.35. The first kappa shape index (κ1) is 13.6. The Kier molecular flexibility index (Phi) is 3.58. The molecular weight excluding hydrogens is 345 g/mol. The third-order valence-electron chi connectivity index (χ3n) is 2.88. The molecule has 0 radical (unpaired) electrons. The van der Waals surface area contributed by atoms with Crippen molar-refractivity contribution in [1.29, 1.82) is 0 Å². The van der Waals surface area contributed by atoms with Crippen LogP contribution in [0.5, 0.6) is 0 Å². The van der Waals surface area contributed by atoms with Crippen molar-refractivity contribution in [3.63, 3.8) is 0 Å². The van der Waals surface area contributed by atoms with E-state index in [4.69, 9.17) is 28.3 Å². The van der Waals surface area contributed by atoms with Gasteiger partial charge in [-0.05, 0) is 40.9 Å². The van der Waals surface area contributed by atoms with Gasteiger partial charge >= 0.3 is 5.97 Å². The number of nitrogens with one attached hydrogen (secondary N) is 1. The molecule has 1 amide bonds. The van der Waals surface area contributed by atoms with Crippen molar-refractivity contribution in [3.8, 4) is 0 Å². The van der Waals surface area contributed by atoms with E-state index in [9.17, 15) is 9.59 Å².